The van der Waals surface area contributed by atoms with E-state index in [1.165, 1.54) is 0 Å². The van der Waals surface area contributed by atoms with Gasteiger partial charge in [0, 0.05) is 0 Å². The zero-order valence-corrected chi connectivity index (χ0v) is 3.75. The van der Waals surface area contributed by atoms with Crippen LogP contribution in [-0.2, 0) is 0 Å². The number of aromatic carboxylic acids is 1. The first-order chi connectivity index (χ1) is 3.80. The van der Waals surface area contributed by atoms with Crippen LogP contribution in [0.4, 0.5) is 0 Å². The third-order valence-corrected chi connectivity index (χ3v) is 0.587. The monoisotopic (exact) mass is 112 g/mol. The van der Waals surface area contributed by atoms with Crippen LogP contribution in [0.15, 0.2) is 0 Å². The number of H-pyrrole nitrogens is 1. The van der Waals surface area contributed by atoms with E-state index in [1.54, 1.807) is 0 Å². The molecule has 1 rings (SSSR count). The third-order valence-electron chi connectivity index (χ3n) is 0.587. The van der Waals surface area contributed by atoms with E-state index in [-0.39, 0.29) is 5.69 Å². The van der Waals surface area contributed by atoms with Crippen LogP contribution in [0.25, 0.3) is 0 Å². The van der Waals surface area contributed by atoms with Crippen LogP contribution in [0, 0.1) is 6.20 Å². The summed E-state index contributed by atoms with van der Waals surface area (Å²) in [6, 6.07) is 0. The zero-order chi connectivity index (χ0) is 5.98. The fourth-order valence-corrected chi connectivity index (χ4v) is 0.271. The number of aromatic nitrogens is 3. The average molecular weight is 112 g/mol. The Morgan fingerprint density at radius 1 is 1.88 bits per heavy atom. The first-order valence-corrected chi connectivity index (χ1v) is 1.82. The van der Waals surface area contributed by atoms with Gasteiger partial charge in [0.05, 0.1) is 0 Å². The molecule has 1 aromatic rings. The maximum atomic E-state index is 9.92. The van der Waals surface area contributed by atoms with Crippen molar-refractivity contribution in [2.75, 3.05) is 0 Å². The van der Waals surface area contributed by atoms with Gasteiger partial charge in [0.1, 0.15) is 6.20 Å². The Morgan fingerprint density at radius 2 is 2.62 bits per heavy atom. The van der Waals surface area contributed by atoms with E-state index in [9.17, 15) is 4.79 Å². The van der Waals surface area contributed by atoms with Gasteiger partial charge in [0.25, 0.3) is 0 Å². The molecule has 0 aromatic carbocycles. The van der Waals surface area contributed by atoms with Crippen molar-refractivity contribution in [3.8, 4) is 0 Å². The SMILES string of the molecule is O=C(O)c1[c]nn[nH]1. The smallest absolute Gasteiger partial charge is 0.356 e. The lowest BCUT2D eigenvalue weighted by molar-refractivity contribution is 0.0690. The normalized spacial score (nSPS) is 9.00. The molecule has 0 unspecified atom stereocenters. The molecule has 8 heavy (non-hydrogen) atoms. The van der Waals surface area contributed by atoms with Gasteiger partial charge in [-0.15, -0.1) is 5.10 Å². The second-order valence-electron chi connectivity index (χ2n) is 1.10. The van der Waals surface area contributed by atoms with Gasteiger partial charge in [-0.1, -0.05) is 5.21 Å². The summed E-state index contributed by atoms with van der Waals surface area (Å²) in [6.07, 6.45) is 2.12. The molecule has 0 fully saturated rings. The minimum Gasteiger partial charge on any atom is -0.476 e. The van der Waals surface area contributed by atoms with Crippen LogP contribution < -0.4 is 0 Å². The summed E-state index contributed by atoms with van der Waals surface area (Å²) in [5, 5.41) is 16.5. The fraction of sp³-hybridized carbons (Fsp3) is 0. The lowest BCUT2D eigenvalue weighted by atomic mass is 10.5. The summed E-state index contributed by atoms with van der Waals surface area (Å²) in [4.78, 5) is 9.92. The van der Waals surface area contributed by atoms with Crippen LogP contribution in [0.1, 0.15) is 10.5 Å². The highest BCUT2D eigenvalue weighted by molar-refractivity contribution is 5.84. The topological polar surface area (TPSA) is 78.9 Å². The maximum Gasteiger partial charge on any atom is 0.356 e. The molecule has 41 valence electrons. The summed E-state index contributed by atoms with van der Waals surface area (Å²) >= 11 is 0. The Bertz CT molecular complexity index is 180. The number of nitrogens with zero attached hydrogens (tertiary/aromatic N) is 2. The molecule has 0 atom stereocenters. The highest BCUT2D eigenvalue weighted by atomic mass is 16.4. The number of aromatic amines is 1. The summed E-state index contributed by atoms with van der Waals surface area (Å²) in [7, 11) is 0. The van der Waals surface area contributed by atoms with Gasteiger partial charge < -0.3 is 5.11 Å². The van der Waals surface area contributed by atoms with E-state index in [2.05, 4.69) is 21.6 Å². The summed E-state index contributed by atoms with van der Waals surface area (Å²) in [5.74, 6) is -1.10. The van der Waals surface area contributed by atoms with Gasteiger partial charge in [0.2, 0.25) is 0 Å². The lowest BCUT2D eigenvalue weighted by Gasteiger charge is -1.76. The third kappa shape index (κ3) is 0.651. The predicted octanol–water partition coefficient (Wildman–Crippen LogP) is -0.697. The number of carboxylic acids is 1. The summed E-state index contributed by atoms with van der Waals surface area (Å²) < 4.78 is 0. The molecule has 2 N–H and O–H groups in total. The van der Waals surface area contributed by atoms with Gasteiger partial charge in [-0.2, -0.15) is 0 Å². The second kappa shape index (κ2) is 1.61. The highest BCUT2D eigenvalue weighted by Gasteiger charge is 2.02. The first kappa shape index (κ1) is 4.76. The zero-order valence-electron chi connectivity index (χ0n) is 3.75. The van der Waals surface area contributed by atoms with Crippen molar-refractivity contribution in [3.63, 3.8) is 0 Å². The molecule has 0 aliphatic rings. The van der Waals surface area contributed by atoms with Crippen molar-refractivity contribution < 1.29 is 9.90 Å². The molecule has 0 saturated heterocycles. The van der Waals surface area contributed by atoms with Crippen molar-refractivity contribution in [1.29, 1.82) is 0 Å². The standard InChI is InChI=1S/C3H2N3O2/c7-3(8)2-1-4-6-5-2/h(H,7,8)(H,4,5,6). The molecule has 1 radical (unpaired) electrons. The van der Waals surface area contributed by atoms with Crippen molar-refractivity contribution in [1.82, 2.24) is 15.4 Å². The summed E-state index contributed by atoms with van der Waals surface area (Å²) in [6.45, 7) is 0. The van der Waals surface area contributed by atoms with Crippen LogP contribution >= 0.6 is 0 Å². The van der Waals surface area contributed by atoms with E-state index in [4.69, 9.17) is 5.11 Å². The number of hydrogen-bond donors (Lipinski definition) is 2. The molecule has 5 heteroatoms. The quantitative estimate of drug-likeness (QED) is 0.503. The Hall–Kier alpha value is -1.39. The number of nitrogens with one attached hydrogen (secondary N) is 1. The lowest BCUT2D eigenvalue weighted by Crippen LogP contribution is -1.95. The second-order valence-corrected chi connectivity index (χ2v) is 1.10. The number of rotatable bonds is 1. The fourth-order valence-electron chi connectivity index (χ4n) is 0.271. The van der Waals surface area contributed by atoms with Gasteiger partial charge in [-0.25, -0.2) is 4.79 Å². The van der Waals surface area contributed by atoms with E-state index in [1.807, 2.05) is 0 Å². The Balaban J connectivity index is 2.93. The molecule has 0 amide bonds. The van der Waals surface area contributed by atoms with Crippen LogP contribution in [0.2, 0.25) is 0 Å². The van der Waals surface area contributed by atoms with Crippen molar-refractivity contribution in [2.24, 2.45) is 0 Å². The summed E-state index contributed by atoms with van der Waals surface area (Å²) in [5.41, 5.74) is -0.120. The molecule has 5 nitrogen and oxygen atoms in total. The van der Waals surface area contributed by atoms with Gasteiger partial charge in [-0.3, -0.25) is 5.10 Å². The molecular weight excluding hydrogens is 110 g/mol. The number of hydrogen-bond acceptors (Lipinski definition) is 3. The largest absolute Gasteiger partial charge is 0.476 e. The highest BCUT2D eigenvalue weighted by Crippen LogP contribution is 1.83. The minimum atomic E-state index is -1.10. The molecule has 0 aliphatic carbocycles. The van der Waals surface area contributed by atoms with E-state index in [0.717, 1.165) is 0 Å². The Kier molecular flexibility index (Phi) is 0.957. The average Bonchev–Trinajstić information content (AvgIpc) is 2.12. The molecular formula is C3H2N3O2. The molecule has 0 spiro atoms. The minimum absolute atomic E-state index is 0.120. The molecule has 0 saturated carbocycles. The molecule has 0 aliphatic heterocycles. The van der Waals surface area contributed by atoms with Crippen LogP contribution in [0.5, 0.6) is 0 Å². The Labute approximate surface area is 44.3 Å². The van der Waals surface area contributed by atoms with Crippen LogP contribution in [-0.4, -0.2) is 26.5 Å². The first-order valence-electron chi connectivity index (χ1n) is 1.82. The Morgan fingerprint density at radius 3 is 2.88 bits per heavy atom. The van der Waals surface area contributed by atoms with Crippen LogP contribution in [0.3, 0.4) is 0 Å². The van der Waals surface area contributed by atoms with Gasteiger partial charge in [-0.05, 0) is 0 Å². The maximum absolute atomic E-state index is 9.92. The van der Waals surface area contributed by atoms with Crippen molar-refractivity contribution in [3.05, 3.63) is 11.9 Å². The predicted molar refractivity (Wildman–Crippen MR) is 22.2 cm³/mol. The van der Waals surface area contributed by atoms with E-state index < -0.39 is 5.97 Å². The van der Waals surface area contributed by atoms with E-state index in [0.29, 0.717) is 0 Å². The van der Waals surface area contributed by atoms with Crippen molar-refractivity contribution >= 4 is 5.97 Å². The van der Waals surface area contributed by atoms with Crippen molar-refractivity contribution in [2.45, 2.75) is 0 Å². The van der Waals surface area contributed by atoms with Gasteiger partial charge >= 0.3 is 5.97 Å². The molecule has 0 bridgehead atoms. The number of carboxylic acid groups (broad SMARTS) is 1. The number of carbonyl (C=O) groups is 1. The molecule has 1 heterocycles. The van der Waals surface area contributed by atoms with E-state index >= 15 is 0 Å². The molecule has 1 aromatic heterocycles. The van der Waals surface area contributed by atoms with Gasteiger partial charge in [0.15, 0.2) is 5.69 Å².